The maximum atomic E-state index is 4.44. The van der Waals surface area contributed by atoms with Crippen molar-refractivity contribution < 1.29 is 0 Å². The Balaban J connectivity index is 2.20. The van der Waals surface area contributed by atoms with Crippen LogP contribution in [0.1, 0.15) is 63.8 Å². The number of benzene rings is 1. The smallest absolute Gasteiger partial charge is 0.0624 e. The Kier molecular flexibility index (Phi) is 6.81. The third kappa shape index (κ3) is 4.82. The first-order valence-corrected chi connectivity index (χ1v) is 12.6. The Morgan fingerprint density at radius 3 is 1.67 bits per heavy atom. The molecule has 0 N–H and O–H groups in total. The van der Waals surface area contributed by atoms with E-state index in [2.05, 4.69) is 97.1 Å². The van der Waals surface area contributed by atoms with E-state index in [-0.39, 0.29) is 18.2 Å². The first-order valence-electron chi connectivity index (χ1n) is 10.5. The molecule has 158 valence electrons. The molecule has 2 heterocycles. The summed E-state index contributed by atoms with van der Waals surface area (Å²) in [5, 5.41) is 0.148. The number of aromatic nitrogens is 2. The Hall–Kier alpha value is -1.62. The molecule has 30 heavy (non-hydrogen) atoms. The third-order valence-electron chi connectivity index (χ3n) is 5.62. The molecule has 3 aromatic rings. The van der Waals surface area contributed by atoms with Gasteiger partial charge in [0.1, 0.15) is 0 Å². The highest BCUT2D eigenvalue weighted by atomic mass is 31.1. The van der Waals surface area contributed by atoms with Crippen molar-refractivity contribution in [2.45, 2.75) is 63.2 Å². The minimum Gasteiger partial charge on any atom is -0.264 e. The molecule has 0 bridgehead atoms. The summed E-state index contributed by atoms with van der Waals surface area (Å²) in [7, 11) is 2.88. The molecule has 0 aliphatic heterocycles. The number of hydrogen-bond donors (Lipinski definition) is 0. The van der Waals surface area contributed by atoms with Crippen LogP contribution in [0.15, 0.2) is 73.3 Å². The van der Waals surface area contributed by atoms with E-state index in [0.717, 1.165) is 17.3 Å². The van der Waals surface area contributed by atoms with Crippen molar-refractivity contribution >= 4 is 17.2 Å². The van der Waals surface area contributed by atoms with Gasteiger partial charge >= 0.3 is 0 Å². The van der Waals surface area contributed by atoms with Crippen molar-refractivity contribution in [2.75, 3.05) is 0 Å². The van der Waals surface area contributed by atoms with E-state index in [0.29, 0.717) is 0 Å². The number of pyridine rings is 2. The van der Waals surface area contributed by atoms with Crippen molar-refractivity contribution in [1.29, 1.82) is 0 Å². The van der Waals surface area contributed by atoms with Crippen molar-refractivity contribution in [3.8, 4) is 0 Å². The zero-order valence-electron chi connectivity index (χ0n) is 19.1. The molecule has 4 heteroatoms. The van der Waals surface area contributed by atoms with Gasteiger partial charge < -0.3 is 0 Å². The second-order valence-electron chi connectivity index (χ2n) is 9.88. The second-order valence-corrected chi connectivity index (χ2v) is 14.6. The molecule has 0 amide bonds. The van der Waals surface area contributed by atoms with E-state index in [1.54, 1.807) is 0 Å². The van der Waals surface area contributed by atoms with Gasteiger partial charge in [-0.1, -0.05) is 85.9 Å². The molecule has 1 atom stereocenters. The average Bonchev–Trinajstić information content (AvgIpc) is 2.71. The summed E-state index contributed by atoms with van der Waals surface area (Å²) in [6.45, 7) is 14.3. The van der Waals surface area contributed by atoms with Crippen molar-refractivity contribution in [2.24, 2.45) is 0 Å². The molecule has 0 saturated heterocycles. The van der Waals surface area contributed by atoms with E-state index in [1.165, 1.54) is 11.1 Å². The van der Waals surface area contributed by atoms with Gasteiger partial charge in [-0.15, -0.1) is 9.24 Å². The molecule has 0 aliphatic rings. The Bertz CT molecular complexity index is 904. The summed E-state index contributed by atoms with van der Waals surface area (Å²) in [5.41, 5.74) is 5.05. The number of hydrogen-bond acceptors (Lipinski definition) is 2. The average molecular weight is 437 g/mol. The fourth-order valence-electron chi connectivity index (χ4n) is 4.36. The highest BCUT2D eigenvalue weighted by Gasteiger charge is 2.38. The molecule has 0 fully saturated rings. The number of rotatable bonds is 5. The van der Waals surface area contributed by atoms with Gasteiger partial charge in [-0.25, -0.2) is 0 Å². The van der Waals surface area contributed by atoms with E-state index >= 15 is 0 Å². The van der Waals surface area contributed by atoms with Crippen molar-refractivity contribution in [3.05, 3.63) is 95.6 Å². The highest BCUT2D eigenvalue weighted by Crippen LogP contribution is 2.62. The Morgan fingerprint density at radius 2 is 1.23 bits per heavy atom. The van der Waals surface area contributed by atoms with Crippen LogP contribution in [0.2, 0.25) is 0 Å². The van der Waals surface area contributed by atoms with E-state index in [1.807, 2.05) is 36.9 Å². The Labute approximate surface area is 185 Å². The van der Waals surface area contributed by atoms with Gasteiger partial charge in [0, 0.05) is 24.8 Å². The maximum absolute atomic E-state index is 4.44. The quantitative estimate of drug-likeness (QED) is 0.395. The molecule has 1 unspecified atom stereocenters. The van der Waals surface area contributed by atoms with Crippen LogP contribution >= 0.6 is 17.2 Å². The van der Waals surface area contributed by atoms with Crippen LogP contribution in [0.4, 0.5) is 0 Å². The van der Waals surface area contributed by atoms with E-state index < -0.39 is 5.16 Å². The molecule has 0 saturated carbocycles. The third-order valence-corrected chi connectivity index (χ3v) is 10.5. The zero-order valence-corrected chi connectivity index (χ0v) is 21.1. The predicted octanol–water partition coefficient (Wildman–Crippen LogP) is 7.22. The molecule has 3 rings (SSSR count). The fraction of sp³-hybridized carbons (Fsp3) is 0.385. The molecular formula is C26H34N2P2. The summed E-state index contributed by atoms with van der Waals surface area (Å²) < 4.78 is 0. The summed E-state index contributed by atoms with van der Waals surface area (Å²) in [6.07, 6.45) is 8.72. The first kappa shape index (κ1) is 23.1. The summed E-state index contributed by atoms with van der Waals surface area (Å²) in [6, 6.07) is 17.3. The summed E-state index contributed by atoms with van der Waals surface area (Å²) >= 11 is 0. The lowest BCUT2D eigenvalue weighted by Gasteiger charge is -2.43. The lowest BCUT2D eigenvalue weighted by Crippen LogP contribution is -2.28. The van der Waals surface area contributed by atoms with Crippen LogP contribution in [0.5, 0.6) is 0 Å². The van der Waals surface area contributed by atoms with Crippen molar-refractivity contribution in [1.82, 2.24) is 9.97 Å². The Morgan fingerprint density at radius 1 is 0.733 bits per heavy atom. The van der Waals surface area contributed by atoms with Crippen LogP contribution in [0.25, 0.3) is 0 Å². The zero-order chi connectivity index (χ0) is 22.0. The standard InChI is InChI=1S/C26H34N2P2/c1-24(2,3)30(25(4,5)6)19-20-11-7-8-14-23(20)26(29,21-12-9-15-27-17-21)22-13-10-16-28-18-22/h7-18H,19,29H2,1-6H3. The van der Waals surface area contributed by atoms with E-state index in [9.17, 15) is 0 Å². The van der Waals surface area contributed by atoms with E-state index in [4.69, 9.17) is 0 Å². The topological polar surface area (TPSA) is 25.8 Å². The van der Waals surface area contributed by atoms with Crippen LogP contribution in [-0.4, -0.2) is 20.3 Å². The summed E-state index contributed by atoms with van der Waals surface area (Å²) in [5.74, 6) is 0. The minimum absolute atomic E-state index is 0.261. The number of nitrogens with zero attached hydrogens (tertiary/aromatic N) is 2. The van der Waals surface area contributed by atoms with Gasteiger partial charge in [-0.05, 0) is 50.9 Å². The van der Waals surface area contributed by atoms with Gasteiger partial charge in [-0.2, -0.15) is 0 Å². The molecule has 2 aromatic heterocycles. The molecule has 0 spiro atoms. The monoisotopic (exact) mass is 436 g/mol. The maximum Gasteiger partial charge on any atom is 0.0624 e. The molecular weight excluding hydrogens is 402 g/mol. The fourth-order valence-corrected chi connectivity index (χ4v) is 8.56. The van der Waals surface area contributed by atoms with Crippen LogP contribution in [0, 0.1) is 0 Å². The lowest BCUT2D eigenvalue weighted by atomic mass is 9.83. The summed E-state index contributed by atoms with van der Waals surface area (Å²) in [4.78, 5) is 8.88. The lowest BCUT2D eigenvalue weighted by molar-refractivity contribution is 0.701. The SMILES string of the molecule is CC(C)(C)P(Cc1ccccc1C(P)(c1cccnc1)c1cccnc1)C(C)(C)C. The van der Waals surface area contributed by atoms with Crippen LogP contribution < -0.4 is 0 Å². The molecule has 0 radical (unpaired) electrons. The van der Waals surface area contributed by atoms with Gasteiger partial charge in [0.2, 0.25) is 0 Å². The van der Waals surface area contributed by atoms with Crippen molar-refractivity contribution in [3.63, 3.8) is 0 Å². The normalized spacial score (nSPS) is 12.9. The second kappa shape index (κ2) is 8.86. The first-order chi connectivity index (χ1) is 14.0. The molecule has 2 nitrogen and oxygen atoms in total. The molecule has 0 aliphatic carbocycles. The van der Waals surface area contributed by atoms with Crippen LogP contribution in [0.3, 0.4) is 0 Å². The van der Waals surface area contributed by atoms with Gasteiger partial charge in [0.05, 0.1) is 5.16 Å². The predicted molar refractivity (Wildman–Crippen MR) is 135 cm³/mol. The van der Waals surface area contributed by atoms with Crippen LogP contribution in [-0.2, 0) is 11.3 Å². The van der Waals surface area contributed by atoms with Gasteiger partial charge in [-0.3, -0.25) is 9.97 Å². The molecule has 1 aromatic carbocycles. The van der Waals surface area contributed by atoms with Gasteiger partial charge in [0.15, 0.2) is 0 Å². The minimum atomic E-state index is -0.393. The van der Waals surface area contributed by atoms with Gasteiger partial charge in [0.25, 0.3) is 0 Å². The highest BCUT2D eigenvalue weighted by molar-refractivity contribution is 7.60. The largest absolute Gasteiger partial charge is 0.264 e.